The van der Waals surface area contributed by atoms with Crippen molar-refractivity contribution in [3.8, 4) is 0 Å². The molecule has 2 aromatic rings. The molecule has 0 saturated carbocycles. The van der Waals surface area contributed by atoms with Crippen molar-refractivity contribution in [2.45, 2.75) is 13.2 Å². The Morgan fingerprint density at radius 3 is 2.27 bits per heavy atom. The van der Waals surface area contributed by atoms with Crippen LogP contribution in [0.25, 0.3) is 0 Å². The molecular formula is C17H22ClN3O. The molecular weight excluding hydrogens is 298 g/mol. The first-order valence-electron chi connectivity index (χ1n) is 6.84. The lowest BCUT2D eigenvalue weighted by molar-refractivity contribution is 0.107. The third-order valence-corrected chi connectivity index (χ3v) is 3.29. The zero-order valence-corrected chi connectivity index (χ0v) is 13.7. The van der Waals surface area contributed by atoms with Gasteiger partial charge in [0.2, 0.25) is 0 Å². The summed E-state index contributed by atoms with van der Waals surface area (Å²) in [6, 6.07) is 15.8. The molecule has 0 aliphatic carbocycles. The quantitative estimate of drug-likeness (QED) is 0.635. The van der Waals surface area contributed by atoms with Gasteiger partial charge in [0.1, 0.15) is 5.84 Å². The van der Waals surface area contributed by atoms with Crippen LogP contribution in [0.15, 0.2) is 48.5 Å². The number of halogens is 1. The number of nitrogens with one attached hydrogen (secondary N) is 1. The maximum absolute atomic E-state index is 7.56. The highest BCUT2D eigenvalue weighted by Crippen LogP contribution is 2.14. The summed E-state index contributed by atoms with van der Waals surface area (Å²) < 4.78 is 5.73. The minimum absolute atomic E-state index is 0. The first-order chi connectivity index (χ1) is 10.1. The summed E-state index contributed by atoms with van der Waals surface area (Å²) in [5.74, 6) is 0.0736. The predicted octanol–water partition coefficient (Wildman–Crippen LogP) is 3.18. The number of rotatable bonds is 6. The van der Waals surface area contributed by atoms with Crippen LogP contribution >= 0.6 is 12.4 Å². The molecule has 0 amide bonds. The first-order valence-corrected chi connectivity index (χ1v) is 6.84. The van der Waals surface area contributed by atoms with Crippen LogP contribution in [0.3, 0.4) is 0 Å². The summed E-state index contributed by atoms with van der Waals surface area (Å²) >= 11 is 0. The summed E-state index contributed by atoms with van der Waals surface area (Å²) in [5.41, 5.74) is 9.53. The molecule has 118 valence electrons. The minimum Gasteiger partial charge on any atom is -0.384 e. The Labute approximate surface area is 137 Å². The molecule has 5 heteroatoms. The normalized spacial score (nSPS) is 9.91. The van der Waals surface area contributed by atoms with Gasteiger partial charge in [-0.15, -0.1) is 12.4 Å². The van der Waals surface area contributed by atoms with Gasteiger partial charge < -0.3 is 15.4 Å². The van der Waals surface area contributed by atoms with Crippen LogP contribution in [-0.4, -0.2) is 19.9 Å². The van der Waals surface area contributed by atoms with E-state index in [1.54, 1.807) is 0 Å². The molecule has 0 aromatic heterocycles. The van der Waals surface area contributed by atoms with E-state index in [0.29, 0.717) is 13.2 Å². The maximum Gasteiger partial charge on any atom is 0.123 e. The SMILES string of the molecule is CN(C)c1ccc(COCc2ccccc2C(=N)N)cc1.Cl. The lowest BCUT2D eigenvalue weighted by Crippen LogP contribution is -2.14. The van der Waals surface area contributed by atoms with Crippen molar-refractivity contribution in [2.24, 2.45) is 5.73 Å². The van der Waals surface area contributed by atoms with Gasteiger partial charge in [0, 0.05) is 25.3 Å². The Morgan fingerprint density at radius 2 is 1.68 bits per heavy atom. The van der Waals surface area contributed by atoms with E-state index in [1.807, 2.05) is 38.4 Å². The Morgan fingerprint density at radius 1 is 1.05 bits per heavy atom. The van der Waals surface area contributed by atoms with E-state index in [1.165, 1.54) is 5.69 Å². The number of hydrogen-bond acceptors (Lipinski definition) is 3. The number of nitrogens with two attached hydrogens (primary N) is 1. The Hall–Kier alpha value is -2.04. The molecule has 0 aliphatic rings. The molecule has 3 N–H and O–H groups in total. The van der Waals surface area contributed by atoms with Crippen LogP contribution in [0, 0.1) is 5.41 Å². The van der Waals surface area contributed by atoms with Crippen LogP contribution in [-0.2, 0) is 18.0 Å². The van der Waals surface area contributed by atoms with Gasteiger partial charge in [-0.05, 0) is 23.3 Å². The van der Waals surface area contributed by atoms with E-state index in [0.717, 1.165) is 16.7 Å². The monoisotopic (exact) mass is 319 g/mol. The van der Waals surface area contributed by atoms with Gasteiger partial charge >= 0.3 is 0 Å². The second-order valence-corrected chi connectivity index (χ2v) is 5.12. The van der Waals surface area contributed by atoms with Crippen molar-refractivity contribution in [3.63, 3.8) is 0 Å². The van der Waals surface area contributed by atoms with E-state index in [9.17, 15) is 0 Å². The Kier molecular flexibility index (Phi) is 6.89. The molecule has 0 heterocycles. The standard InChI is InChI=1S/C17H21N3O.ClH/c1-20(2)15-9-7-13(8-10-15)11-21-12-14-5-3-4-6-16(14)17(18)19;/h3-10H,11-12H2,1-2H3,(H3,18,19);1H. The van der Waals surface area contributed by atoms with Gasteiger partial charge in [-0.25, -0.2) is 0 Å². The van der Waals surface area contributed by atoms with Crippen molar-refractivity contribution < 1.29 is 4.74 Å². The second-order valence-electron chi connectivity index (χ2n) is 5.12. The number of amidine groups is 1. The number of nitrogens with zero attached hydrogens (tertiary/aromatic N) is 1. The van der Waals surface area contributed by atoms with Crippen molar-refractivity contribution in [3.05, 3.63) is 65.2 Å². The smallest absolute Gasteiger partial charge is 0.123 e. The van der Waals surface area contributed by atoms with Gasteiger partial charge in [-0.2, -0.15) is 0 Å². The average Bonchev–Trinajstić information content (AvgIpc) is 2.48. The molecule has 0 unspecified atom stereocenters. The van der Waals surface area contributed by atoms with E-state index in [2.05, 4.69) is 29.2 Å². The number of benzene rings is 2. The molecule has 0 saturated heterocycles. The predicted molar refractivity (Wildman–Crippen MR) is 94.0 cm³/mol. The highest BCUT2D eigenvalue weighted by atomic mass is 35.5. The number of hydrogen-bond donors (Lipinski definition) is 2. The van der Waals surface area contributed by atoms with Gasteiger partial charge in [-0.1, -0.05) is 36.4 Å². The molecule has 0 radical (unpaired) electrons. The fourth-order valence-electron chi connectivity index (χ4n) is 2.08. The third-order valence-electron chi connectivity index (χ3n) is 3.29. The molecule has 0 fully saturated rings. The average molecular weight is 320 g/mol. The van der Waals surface area contributed by atoms with Crippen molar-refractivity contribution in [1.29, 1.82) is 5.41 Å². The topological polar surface area (TPSA) is 62.3 Å². The van der Waals surface area contributed by atoms with Crippen LogP contribution < -0.4 is 10.6 Å². The number of anilines is 1. The molecule has 0 bridgehead atoms. The van der Waals surface area contributed by atoms with Gasteiger partial charge in [0.05, 0.1) is 13.2 Å². The second kappa shape index (κ2) is 8.41. The van der Waals surface area contributed by atoms with Crippen LogP contribution in [0.2, 0.25) is 0 Å². The maximum atomic E-state index is 7.56. The first kappa shape index (κ1) is 18.0. The number of nitrogen functional groups attached to an aromatic ring is 1. The van der Waals surface area contributed by atoms with Crippen LogP contribution in [0.1, 0.15) is 16.7 Å². The van der Waals surface area contributed by atoms with Crippen molar-refractivity contribution in [2.75, 3.05) is 19.0 Å². The lowest BCUT2D eigenvalue weighted by atomic mass is 10.1. The molecule has 2 rings (SSSR count). The van der Waals surface area contributed by atoms with Crippen molar-refractivity contribution in [1.82, 2.24) is 0 Å². The fraction of sp³-hybridized carbons (Fsp3) is 0.235. The highest BCUT2D eigenvalue weighted by Gasteiger charge is 2.04. The molecule has 2 aromatic carbocycles. The van der Waals surface area contributed by atoms with E-state index in [-0.39, 0.29) is 18.2 Å². The molecule has 0 atom stereocenters. The third kappa shape index (κ3) is 4.76. The molecule has 4 nitrogen and oxygen atoms in total. The summed E-state index contributed by atoms with van der Waals surface area (Å²) in [6.45, 7) is 0.991. The van der Waals surface area contributed by atoms with Gasteiger partial charge in [0.25, 0.3) is 0 Å². The van der Waals surface area contributed by atoms with Crippen LogP contribution in [0.5, 0.6) is 0 Å². The number of ether oxygens (including phenoxy) is 1. The largest absolute Gasteiger partial charge is 0.384 e. The molecule has 0 spiro atoms. The summed E-state index contributed by atoms with van der Waals surface area (Å²) in [4.78, 5) is 2.06. The van der Waals surface area contributed by atoms with Crippen molar-refractivity contribution >= 4 is 23.9 Å². The Balaban J connectivity index is 0.00000242. The van der Waals surface area contributed by atoms with Gasteiger partial charge in [-0.3, -0.25) is 5.41 Å². The van der Waals surface area contributed by atoms with E-state index in [4.69, 9.17) is 15.9 Å². The zero-order chi connectivity index (χ0) is 15.2. The fourth-order valence-corrected chi connectivity index (χ4v) is 2.08. The Bertz CT molecular complexity index is 612. The van der Waals surface area contributed by atoms with Crippen LogP contribution in [0.4, 0.5) is 5.69 Å². The summed E-state index contributed by atoms with van der Waals surface area (Å²) in [5, 5.41) is 7.56. The summed E-state index contributed by atoms with van der Waals surface area (Å²) in [6.07, 6.45) is 0. The summed E-state index contributed by atoms with van der Waals surface area (Å²) in [7, 11) is 4.04. The lowest BCUT2D eigenvalue weighted by Gasteiger charge is -2.13. The van der Waals surface area contributed by atoms with Gasteiger partial charge in [0.15, 0.2) is 0 Å². The molecule has 0 aliphatic heterocycles. The van der Waals surface area contributed by atoms with E-state index < -0.39 is 0 Å². The van der Waals surface area contributed by atoms with E-state index >= 15 is 0 Å². The minimum atomic E-state index is 0. The molecule has 22 heavy (non-hydrogen) atoms. The zero-order valence-electron chi connectivity index (χ0n) is 12.9. The highest BCUT2D eigenvalue weighted by molar-refractivity contribution is 5.96.